The monoisotopic (exact) mass is 413 g/mol. The normalized spacial score (nSPS) is 23.1. The maximum atomic E-state index is 5.16. The fraction of sp³-hybridized carbons (Fsp3) is 1.00. The topological polar surface area (TPSA) is 12.5 Å². The Kier molecular flexibility index (Phi) is 15.8. The molecular weight excluding hydrogens is 387 g/mol. The molecule has 2 heteroatoms. The first kappa shape index (κ1) is 17.8. The van der Waals surface area contributed by atoms with Crippen molar-refractivity contribution in [2.75, 3.05) is 0 Å². The smallest absolute Gasteiger partial charge is 0.0838 e. The van der Waals surface area contributed by atoms with Crippen molar-refractivity contribution in [1.82, 2.24) is 0 Å². The van der Waals surface area contributed by atoms with Gasteiger partial charge in [0.25, 0.3) is 0 Å². The number of epoxide rings is 1. The second kappa shape index (κ2) is 12.5. The van der Waals surface area contributed by atoms with Crippen LogP contribution in [-0.2, 0) is 4.74 Å². The van der Waals surface area contributed by atoms with Crippen molar-refractivity contribution >= 4 is 0 Å². The van der Waals surface area contributed by atoms with Gasteiger partial charge in [-0.15, -0.1) is 0 Å². The van der Waals surface area contributed by atoms with Crippen molar-refractivity contribution in [3.8, 4) is 0 Å². The molecule has 0 N–H and O–H groups in total. The van der Waals surface area contributed by atoms with E-state index in [1.807, 2.05) is 0 Å². The molecule has 0 spiro atoms. The van der Waals surface area contributed by atoms with Crippen LogP contribution in [0.25, 0.3) is 0 Å². The van der Waals surface area contributed by atoms with E-state index in [0.717, 1.165) is 0 Å². The van der Waals surface area contributed by atoms with Gasteiger partial charge in [-0.3, -0.25) is 0 Å². The Hall–Kier alpha value is 1.40. The maximum Gasteiger partial charge on any atom is 0.0838 e. The molecule has 0 aromatic heterocycles. The molecule has 0 aromatic rings. The zero-order valence-electron chi connectivity index (χ0n) is 10.4. The van der Waals surface area contributed by atoms with Crippen LogP contribution in [0.1, 0.15) is 66.2 Å². The molecule has 14 heavy (non-hydrogen) atoms. The molecule has 1 radical (unpaired) electrons. The van der Waals surface area contributed by atoms with Crippen molar-refractivity contribution in [3.05, 3.63) is 0 Å². The Bertz CT molecular complexity index is 102. The summed E-state index contributed by atoms with van der Waals surface area (Å²) in [4.78, 5) is 0. The number of ether oxygens (including phenoxy) is 1. The van der Waals surface area contributed by atoms with E-state index in [4.69, 9.17) is 4.74 Å². The van der Waals surface area contributed by atoms with Gasteiger partial charge in [-0.1, -0.05) is 52.9 Å². The summed E-state index contributed by atoms with van der Waals surface area (Å²) in [5, 5.41) is 0. The quantitative estimate of drug-likeness (QED) is 0.487. The van der Waals surface area contributed by atoms with E-state index in [2.05, 4.69) is 27.7 Å². The molecule has 1 rings (SSSR count). The van der Waals surface area contributed by atoms with Crippen LogP contribution >= 0.6 is 0 Å². The van der Waals surface area contributed by atoms with E-state index in [9.17, 15) is 0 Å². The van der Waals surface area contributed by atoms with E-state index in [1.165, 1.54) is 38.5 Å². The van der Waals surface area contributed by atoms with Gasteiger partial charge in [0.1, 0.15) is 0 Å². The summed E-state index contributed by atoms with van der Waals surface area (Å²) < 4.78 is 5.16. The van der Waals surface area contributed by atoms with Gasteiger partial charge in [0, 0.05) is 44.1 Å². The van der Waals surface area contributed by atoms with Gasteiger partial charge in [0.05, 0.1) is 12.2 Å². The van der Waals surface area contributed by atoms with Crippen molar-refractivity contribution in [1.29, 1.82) is 0 Å². The molecule has 0 aliphatic carbocycles. The molecule has 2 atom stereocenters. The van der Waals surface area contributed by atoms with Gasteiger partial charge in [-0.05, 0) is 13.3 Å². The first-order chi connectivity index (χ1) is 6.26. The van der Waals surface area contributed by atoms with Gasteiger partial charge in [-0.25, -0.2) is 0 Å². The second-order valence-corrected chi connectivity index (χ2v) is 3.88. The molecule has 0 amide bonds. The van der Waals surface area contributed by atoms with Crippen molar-refractivity contribution in [2.45, 2.75) is 78.4 Å². The molecule has 1 aliphatic rings. The molecule has 1 aliphatic heterocycles. The maximum absolute atomic E-state index is 5.16. The zero-order valence-corrected chi connectivity index (χ0v) is 15.1. The number of hydrogen-bond donors (Lipinski definition) is 0. The Morgan fingerprint density at radius 1 is 0.929 bits per heavy atom. The van der Waals surface area contributed by atoms with Gasteiger partial charge < -0.3 is 4.74 Å². The van der Waals surface area contributed by atoms with Crippen LogP contribution in [0.3, 0.4) is 0 Å². The van der Waals surface area contributed by atoms with E-state index < -0.39 is 0 Å². The predicted molar refractivity (Wildman–Crippen MR) is 59.1 cm³/mol. The van der Waals surface area contributed by atoms with Crippen LogP contribution in [0.4, 0.5) is 0 Å². The summed E-state index contributed by atoms with van der Waals surface area (Å²) in [5.74, 6) is 0. The van der Waals surface area contributed by atoms with Crippen LogP contribution in [-0.4, -0.2) is 12.2 Å². The molecule has 83 valence electrons. The van der Waals surface area contributed by atoms with Crippen molar-refractivity contribution in [3.63, 3.8) is 0 Å². The third-order valence-electron chi connectivity index (χ3n) is 2.37. The fourth-order valence-corrected chi connectivity index (χ4v) is 1.32. The molecule has 1 fully saturated rings. The average Bonchev–Trinajstić information content (AvgIpc) is 2.80. The van der Waals surface area contributed by atoms with Crippen LogP contribution < -0.4 is 0 Å². The van der Waals surface area contributed by atoms with E-state index in [-0.39, 0.29) is 44.1 Å². The number of unbranched alkanes of at least 4 members (excludes halogenated alkanes) is 3. The van der Waals surface area contributed by atoms with Crippen LogP contribution in [0.2, 0.25) is 0 Å². The summed E-state index contributed by atoms with van der Waals surface area (Å²) in [7, 11) is 0. The summed E-state index contributed by atoms with van der Waals surface area (Å²) in [6, 6.07) is 0. The van der Waals surface area contributed by atoms with E-state index >= 15 is 0 Å². The SMILES string of the molecule is CCCC1OC1C.CCCCCC.[Ac]. The summed E-state index contributed by atoms with van der Waals surface area (Å²) in [6.45, 7) is 8.78. The summed E-state index contributed by atoms with van der Waals surface area (Å²) in [5.41, 5.74) is 0. The molecule has 1 nitrogen and oxygen atoms in total. The largest absolute Gasteiger partial charge is 0.370 e. The van der Waals surface area contributed by atoms with Gasteiger partial charge in [0.2, 0.25) is 0 Å². The van der Waals surface area contributed by atoms with Gasteiger partial charge in [-0.2, -0.15) is 0 Å². The number of hydrogen-bond acceptors (Lipinski definition) is 1. The molecule has 1 heterocycles. The molecule has 2 unspecified atom stereocenters. The zero-order chi connectivity index (χ0) is 10.1. The van der Waals surface area contributed by atoms with Crippen LogP contribution in [0.5, 0.6) is 0 Å². The Labute approximate surface area is 126 Å². The minimum Gasteiger partial charge on any atom is -0.370 e. The first-order valence-electron chi connectivity index (χ1n) is 5.91. The predicted octanol–water partition coefficient (Wildman–Crippen LogP) is 4.16. The Morgan fingerprint density at radius 2 is 1.36 bits per heavy atom. The Morgan fingerprint density at radius 3 is 1.50 bits per heavy atom. The van der Waals surface area contributed by atoms with Gasteiger partial charge in [0.15, 0.2) is 0 Å². The molecule has 0 aromatic carbocycles. The molecular formula is C12H26AcO. The van der Waals surface area contributed by atoms with Crippen LogP contribution in [0, 0.1) is 44.1 Å². The van der Waals surface area contributed by atoms with Gasteiger partial charge >= 0.3 is 0 Å². The number of rotatable bonds is 5. The Balaban J connectivity index is 0. The molecule has 0 bridgehead atoms. The first-order valence-corrected chi connectivity index (χ1v) is 5.91. The standard InChI is InChI=1S/C6H12O.C6H14.Ac/c1-3-4-6-5(2)7-6;1-3-5-6-4-2;/h5-6H,3-4H2,1-2H3;3-6H2,1-2H3;. The fourth-order valence-electron chi connectivity index (χ4n) is 1.32. The third kappa shape index (κ3) is 11.5. The van der Waals surface area contributed by atoms with Crippen molar-refractivity contribution < 1.29 is 48.8 Å². The summed E-state index contributed by atoms with van der Waals surface area (Å²) in [6.07, 6.45) is 9.23. The van der Waals surface area contributed by atoms with Crippen LogP contribution in [0.15, 0.2) is 0 Å². The minimum atomic E-state index is 0. The molecule has 1 saturated heterocycles. The van der Waals surface area contributed by atoms with E-state index in [0.29, 0.717) is 12.2 Å². The van der Waals surface area contributed by atoms with Crippen molar-refractivity contribution in [2.24, 2.45) is 0 Å². The molecule has 0 saturated carbocycles. The summed E-state index contributed by atoms with van der Waals surface area (Å²) >= 11 is 0. The second-order valence-electron chi connectivity index (χ2n) is 3.88. The average molecular weight is 413 g/mol. The minimum absolute atomic E-state index is 0. The third-order valence-corrected chi connectivity index (χ3v) is 2.37. The van der Waals surface area contributed by atoms with E-state index in [1.54, 1.807) is 0 Å².